The lowest BCUT2D eigenvalue weighted by Crippen LogP contribution is -2.42. The van der Waals surface area contributed by atoms with Gasteiger partial charge in [0.25, 0.3) is 5.91 Å². The van der Waals surface area contributed by atoms with Crippen molar-refractivity contribution < 1.29 is 9.90 Å². The van der Waals surface area contributed by atoms with Gasteiger partial charge in [0.15, 0.2) is 0 Å². The second kappa shape index (κ2) is 7.59. The van der Waals surface area contributed by atoms with E-state index in [2.05, 4.69) is 10.4 Å². The molecule has 1 aromatic rings. The van der Waals surface area contributed by atoms with Crippen LogP contribution < -0.4 is 5.32 Å². The van der Waals surface area contributed by atoms with Crippen LogP contribution in [0.25, 0.3) is 0 Å². The molecule has 2 N–H and O–H groups in total. The van der Waals surface area contributed by atoms with E-state index in [0.717, 1.165) is 12.8 Å². The van der Waals surface area contributed by atoms with E-state index >= 15 is 0 Å². The number of aliphatic hydroxyl groups excluding tert-OH is 1. The molecule has 118 valence electrons. The van der Waals surface area contributed by atoms with Gasteiger partial charge in [-0.2, -0.15) is 5.10 Å². The standard InChI is InChI=1S/C16H27N3O2/c1-12(2)19-10-8-15(18-19)16(21)17-14(9-11-20)13-6-4-3-5-7-13/h8,10,12-14,20H,3-7,9,11H2,1-2H3,(H,17,21). The number of hydrogen-bond donors (Lipinski definition) is 2. The maximum Gasteiger partial charge on any atom is 0.272 e. The largest absolute Gasteiger partial charge is 0.396 e. The third-order valence-electron chi connectivity index (χ3n) is 4.35. The molecule has 0 aliphatic heterocycles. The normalized spacial score (nSPS) is 17.9. The van der Waals surface area contributed by atoms with E-state index in [1.807, 2.05) is 20.0 Å². The molecule has 1 atom stereocenters. The average Bonchev–Trinajstić information content (AvgIpc) is 2.98. The molecule has 1 unspecified atom stereocenters. The van der Waals surface area contributed by atoms with E-state index in [0.29, 0.717) is 18.0 Å². The highest BCUT2D eigenvalue weighted by Crippen LogP contribution is 2.27. The van der Waals surface area contributed by atoms with E-state index in [1.165, 1.54) is 19.3 Å². The number of rotatable bonds is 6. The van der Waals surface area contributed by atoms with Crippen LogP contribution in [0.4, 0.5) is 0 Å². The first-order chi connectivity index (χ1) is 10.1. The number of nitrogens with zero attached hydrogens (tertiary/aromatic N) is 2. The van der Waals surface area contributed by atoms with Gasteiger partial charge in [-0.1, -0.05) is 19.3 Å². The maximum absolute atomic E-state index is 12.3. The molecule has 1 aromatic heterocycles. The van der Waals surface area contributed by atoms with Crippen molar-refractivity contribution in [2.75, 3.05) is 6.61 Å². The zero-order valence-electron chi connectivity index (χ0n) is 13.1. The van der Waals surface area contributed by atoms with Crippen molar-refractivity contribution >= 4 is 5.91 Å². The summed E-state index contributed by atoms with van der Waals surface area (Å²) < 4.78 is 1.79. The molecule has 0 spiro atoms. The van der Waals surface area contributed by atoms with Crippen molar-refractivity contribution in [3.05, 3.63) is 18.0 Å². The Morgan fingerprint density at radius 3 is 2.71 bits per heavy atom. The summed E-state index contributed by atoms with van der Waals surface area (Å²) in [6.07, 6.45) is 8.49. The number of hydrogen-bond acceptors (Lipinski definition) is 3. The second-order valence-electron chi connectivity index (χ2n) is 6.27. The lowest BCUT2D eigenvalue weighted by atomic mass is 9.82. The molecule has 1 heterocycles. The molecule has 0 saturated heterocycles. The highest BCUT2D eigenvalue weighted by atomic mass is 16.3. The Kier molecular flexibility index (Phi) is 5.79. The molecule has 5 heteroatoms. The van der Waals surface area contributed by atoms with Crippen LogP contribution in [0.15, 0.2) is 12.3 Å². The van der Waals surface area contributed by atoms with Crippen LogP contribution in [0, 0.1) is 5.92 Å². The molecule has 1 fully saturated rings. The van der Waals surface area contributed by atoms with Gasteiger partial charge in [-0.05, 0) is 45.1 Å². The van der Waals surface area contributed by atoms with Crippen LogP contribution in [0.5, 0.6) is 0 Å². The zero-order chi connectivity index (χ0) is 15.2. The Balaban J connectivity index is 1.99. The Morgan fingerprint density at radius 2 is 2.14 bits per heavy atom. The Labute approximate surface area is 126 Å². The second-order valence-corrected chi connectivity index (χ2v) is 6.27. The highest BCUT2D eigenvalue weighted by molar-refractivity contribution is 5.92. The topological polar surface area (TPSA) is 67.2 Å². The third kappa shape index (κ3) is 4.30. The molecule has 1 saturated carbocycles. The van der Waals surface area contributed by atoms with E-state index < -0.39 is 0 Å². The van der Waals surface area contributed by atoms with Crippen LogP contribution in [-0.2, 0) is 0 Å². The first-order valence-electron chi connectivity index (χ1n) is 8.08. The summed E-state index contributed by atoms with van der Waals surface area (Å²) in [5.74, 6) is 0.362. The SMILES string of the molecule is CC(C)n1ccc(C(=O)NC(CCO)C2CCCCC2)n1. The zero-order valence-corrected chi connectivity index (χ0v) is 13.1. The van der Waals surface area contributed by atoms with Crippen molar-refractivity contribution in [1.29, 1.82) is 0 Å². The van der Waals surface area contributed by atoms with Crippen LogP contribution in [0.1, 0.15) is 68.9 Å². The maximum atomic E-state index is 12.3. The monoisotopic (exact) mass is 293 g/mol. The van der Waals surface area contributed by atoms with Gasteiger partial charge in [-0.25, -0.2) is 0 Å². The number of aliphatic hydroxyl groups is 1. The summed E-state index contributed by atoms with van der Waals surface area (Å²) in [5, 5.41) is 16.6. The Bertz CT molecular complexity index is 450. The number of nitrogens with one attached hydrogen (secondary N) is 1. The van der Waals surface area contributed by atoms with Gasteiger partial charge >= 0.3 is 0 Å². The molecule has 2 rings (SSSR count). The van der Waals surface area contributed by atoms with E-state index in [1.54, 1.807) is 10.7 Å². The lowest BCUT2D eigenvalue weighted by molar-refractivity contribution is 0.0893. The fourth-order valence-corrected chi connectivity index (χ4v) is 3.09. The van der Waals surface area contributed by atoms with Gasteiger partial charge in [-0.3, -0.25) is 9.48 Å². The van der Waals surface area contributed by atoms with Gasteiger partial charge < -0.3 is 10.4 Å². The fraction of sp³-hybridized carbons (Fsp3) is 0.750. The van der Waals surface area contributed by atoms with Gasteiger partial charge in [0, 0.05) is 24.9 Å². The number of carbonyl (C=O) groups is 1. The summed E-state index contributed by atoms with van der Waals surface area (Å²) in [7, 11) is 0. The fourth-order valence-electron chi connectivity index (χ4n) is 3.09. The summed E-state index contributed by atoms with van der Waals surface area (Å²) >= 11 is 0. The summed E-state index contributed by atoms with van der Waals surface area (Å²) in [6, 6.07) is 2.07. The quantitative estimate of drug-likeness (QED) is 0.847. The van der Waals surface area contributed by atoms with Gasteiger partial charge in [0.05, 0.1) is 0 Å². The molecule has 1 aliphatic rings. The smallest absolute Gasteiger partial charge is 0.272 e. The van der Waals surface area contributed by atoms with Crippen LogP contribution in [0.3, 0.4) is 0 Å². The van der Waals surface area contributed by atoms with Crippen molar-refractivity contribution in [3.8, 4) is 0 Å². The molecule has 0 radical (unpaired) electrons. The molecule has 5 nitrogen and oxygen atoms in total. The van der Waals surface area contributed by atoms with E-state index in [-0.39, 0.29) is 24.6 Å². The minimum absolute atomic E-state index is 0.0620. The van der Waals surface area contributed by atoms with Crippen molar-refractivity contribution in [1.82, 2.24) is 15.1 Å². The van der Waals surface area contributed by atoms with Crippen LogP contribution >= 0.6 is 0 Å². The number of amides is 1. The van der Waals surface area contributed by atoms with E-state index in [4.69, 9.17) is 0 Å². The molecule has 1 amide bonds. The molecule has 1 aliphatic carbocycles. The first-order valence-corrected chi connectivity index (χ1v) is 8.08. The van der Waals surface area contributed by atoms with E-state index in [9.17, 15) is 9.90 Å². The minimum Gasteiger partial charge on any atom is -0.396 e. The predicted molar refractivity (Wildman–Crippen MR) is 82.1 cm³/mol. The number of carbonyl (C=O) groups excluding carboxylic acids is 1. The number of aromatic nitrogens is 2. The third-order valence-corrected chi connectivity index (χ3v) is 4.35. The Hall–Kier alpha value is -1.36. The molecular formula is C16H27N3O2. The average molecular weight is 293 g/mol. The minimum atomic E-state index is -0.126. The van der Waals surface area contributed by atoms with Crippen molar-refractivity contribution in [2.45, 2.75) is 64.5 Å². The van der Waals surface area contributed by atoms with Crippen LogP contribution in [0.2, 0.25) is 0 Å². The molecule has 0 aromatic carbocycles. The van der Waals surface area contributed by atoms with Gasteiger partial charge in [-0.15, -0.1) is 0 Å². The summed E-state index contributed by atoms with van der Waals surface area (Å²) in [6.45, 7) is 4.18. The molecule has 21 heavy (non-hydrogen) atoms. The lowest BCUT2D eigenvalue weighted by Gasteiger charge is -2.30. The van der Waals surface area contributed by atoms with Crippen molar-refractivity contribution in [2.24, 2.45) is 5.92 Å². The summed E-state index contributed by atoms with van der Waals surface area (Å²) in [5.41, 5.74) is 0.461. The van der Waals surface area contributed by atoms with Crippen LogP contribution in [-0.4, -0.2) is 33.4 Å². The van der Waals surface area contributed by atoms with Crippen molar-refractivity contribution in [3.63, 3.8) is 0 Å². The molecule has 0 bridgehead atoms. The first kappa shape index (κ1) is 16.0. The van der Waals surface area contributed by atoms with Gasteiger partial charge in [0.1, 0.15) is 5.69 Å². The summed E-state index contributed by atoms with van der Waals surface area (Å²) in [4.78, 5) is 12.3. The predicted octanol–water partition coefficient (Wildman–Crippen LogP) is 2.53. The highest BCUT2D eigenvalue weighted by Gasteiger charge is 2.25. The Morgan fingerprint density at radius 1 is 1.43 bits per heavy atom. The van der Waals surface area contributed by atoms with Gasteiger partial charge in [0.2, 0.25) is 0 Å². The molecular weight excluding hydrogens is 266 g/mol.